The maximum Gasteiger partial charge on any atom is 0.269 e. The Hall–Kier alpha value is -2.57. The number of rotatable bonds is 5. The first-order valence-corrected chi connectivity index (χ1v) is 7.33. The second-order valence-corrected chi connectivity index (χ2v) is 5.24. The van der Waals surface area contributed by atoms with Gasteiger partial charge in [-0.2, -0.15) is 0 Å². The molecule has 0 aromatic heterocycles. The summed E-state index contributed by atoms with van der Waals surface area (Å²) in [5, 5.41) is 1.20. The van der Waals surface area contributed by atoms with Crippen LogP contribution in [0, 0.1) is 0 Å². The number of hydrogen-bond donors (Lipinski definition) is 2. The Labute approximate surface area is 134 Å². The zero-order valence-corrected chi connectivity index (χ0v) is 13.1. The maximum atomic E-state index is 12.3. The molecule has 6 heteroatoms. The molecule has 0 aliphatic carbocycles. The van der Waals surface area contributed by atoms with Gasteiger partial charge in [-0.05, 0) is 23.8 Å². The van der Waals surface area contributed by atoms with Crippen LogP contribution >= 0.6 is 0 Å². The maximum absolute atomic E-state index is 12.3. The topological polar surface area (TPSA) is 62.8 Å². The second kappa shape index (κ2) is 6.68. The van der Waals surface area contributed by atoms with Crippen LogP contribution in [0.5, 0.6) is 5.75 Å². The predicted octanol–water partition coefficient (Wildman–Crippen LogP) is 2.26. The summed E-state index contributed by atoms with van der Waals surface area (Å²) in [4.78, 5) is 17.2. The summed E-state index contributed by atoms with van der Waals surface area (Å²) in [6, 6.07) is 15.1. The van der Waals surface area contributed by atoms with Gasteiger partial charge in [-0.15, -0.1) is 0 Å². The van der Waals surface area contributed by atoms with Gasteiger partial charge in [-0.1, -0.05) is 30.3 Å². The van der Waals surface area contributed by atoms with Crippen LogP contribution < -0.4 is 15.6 Å². The highest BCUT2D eigenvalue weighted by atomic mass is 16.7. The molecule has 1 aliphatic rings. The Kier molecular flexibility index (Phi) is 4.45. The Morgan fingerprint density at radius 1 is 1.22 bits per heavy atom. The third kappa shape index (κ3) is 3.28. The van der Waals surface area contributed by atoms with Crippen molar-refractivity contribution in [2.24, 2.45) is 0 Å². The number of anilines is 1. The van der Waals surface area contributed by atoms with E-state index in [4.69, 9.17) is 9.57 Å². The van der Waals surface area contributed by atoms with Crippen molar-refractivity contribution >= 4 is 11.6 Å². The van der Waals surface area contributed by atoms with Crippen LogP contribution in [0.15, 0.2) is 48.5 Å². The molecule has 23 heavy (non-hydrogen) atoms. The van der Waals surface area contributed by atoms with Crippen molar-refractivity contribution < 1.29 is 14.4 Å². The van der Waals surface area contributed by atoms with E-state index >= 15 is 0 Å². The van der Waals surface area contributed by atoms with Crippen LogP contribution in [-0.4, -0.2) is 25.1 Å². The van der Waals surface area contributed by atoms with Crippen LogP contribution in [0.4, 0.5) is 5.69 Å². The van der Waals surface area contributed by atoms with Gasteiger partial charge < -0.3 is 10.2 Å². The predicted molar refractivity (Wildman–Crippen MR) is 86.5 cm³/mol. The number of likely N-dealkylation sites (N-methyl/N-ethyl adjacent to an activating group) is 1. The molecule has 0 fully saturated rings. The summed E-state index contributed by atoms with van der Waals surface area (Å²) in [7, 11) is 3.04. The van der Waals surface area contributed by atoms with Gasteiger partial charge in [-0.25, -0.2) is 10.5 Å². The van der Waals surface area contributed by atoms with Crippen molar-refractivity contribution in [2.75, 3.05) is 19.6 Å². The Bertz CT molecular complexity index is 691. The first-order chi connectivity index (χ1) is 11.2. The van der Waals surface area contributed by atoms with Crippen LogP contribution in [0.1, 0.15) is 17.2 Å². The van der Waals surface area contributed by atoms with Gasteiger partial charge in [-0.3, -0.25) is 9.63 Å². The monoisotopic (exact) mass is 313 g/mol. The van der Waals surface area contributed by atoms with E-state index in [0.717, 1.165) is 22.6 Å². The van der Waals surface area contributed by atoms with Gasteiger partial charge in [0.05, 0.1) is 12.8 Å². The fourth-order valence-electron chi connectivity index (χ4n) is 2.42. The third-order valence-corrected chi connectivity index (χ3v) is 3.76. The SMILES string of the molecule is CON(C)C(=O)C1NNc2ccc(OCc3ccccc3)cc21. The number of carbonyl (C=O) groups is 1. The van der Waals surface area contributed by atoms with E-state index in [2.05, 4.69) is 10.9 Å². The fraction of sp³-hybridized carbons (Fsp3) is 0.235. The lowest BCUT2D eigenvalue weighted by Gasteiger charge is -2.18. The highest BCUT2D eigenvalue weighted by molar-refractivity contribution is 5.86. The number of amides is 1. The van der Waals surface area contributed by atoms with Gasteiger partial charge in [0, 0.05) is 12.6 Å². The zero-order valence-electron chi connectivity index (χ0n) is 13.1. The molecule has 0 bridgehead atoms. The number of nitrogens with one attached hydrogen (secondary N) is 2. The van der Waals surface area contributed by atoms with E-state index in [1.807, 2.05) is 48.5 Å². The van der Waals surface area contributed by atoms with E-state index in [1.54, 1.807) is 7.05 Å². The smallest absolute Gasteiger partial charge is 0.269 e. The molecule has 0 radical (unpaired) electrons. The van der Waals surface area contributed by atoms with Gasteiger partial charge in [0.25, 0.3) is 5.91 Å². The van der Waals surface area contributed by atoms with E-state index in [9.17, 15) is 4.79 Å². The van der Waals surface area contributed by atoms with E-state index in [1.165, 1.54) is 12.2 Å². The molecule has 1 unspecified atom stereocenters. The molecule has 0 spiro atoms. The minimum Gasteiger partial charge on any atom is -0.489 e. The number of carbonyl (C=O) groups excluding carboxylic acids is 1. The molecule has 0 saturated carbocycles. The van der Waals surface area contributed by atoms with Crippen LogP contribution in [0.2, 0.25) is 0 Å². The molecule has 1 heterocycles. The van der Waals surface area contributed by atoms with Crippen molar-refractivity contribution in [3.05, 3.63) is 59.7 Å². The first kappa shape index (κ1) is 15.3. The molecule has 1 atom stereocenters. The number of benzene rings is 2. The molecule has 2 aromatic rings. The molecule has 3 rings (SSSR count). The standard InChI is InChI=1S/C17H19N3O3/c1-20(22-2)17(21)16-14-10-13(8-9-15(14)18-19-16)23-11-12-6-4-3-5-7-12/h3-10,16,18-19H,11H2,1-2H3. The summed E-state index contributed by atoms with van der Waals surface area (Å²) in [5.41, 5.74) is 8.76. The van der Waals surface area contributed by atoms with E-state index in [0.29, 0.717) is 6.61 Å². The van der Waals surface area contributed by atoms with Crippen LogP contribution in [0.25, 0.3) is 0 Å². The Balaban J connectivity index is 1.75. The van der Waals surface area contributed by atoms with Crippen LogP contribution in [0.3, 0.4) is 0 Å². The Morgan fingerprint density at radius 3 is 2.74 bits per heavy atom. The molecule has 2 N–H and O–H groups in total. The summed E-state index contributed by atoms with van der Waals surface area (Å²) in [6.07, 6.45) is 0. The summed E-state index contributed by atoms with van der Waals surface area (Å²) < 4.78 is 5.82. The molecule has 0 saturated heterocycles. The minimum atomic E-state index is -0.504. The summed E-state index contributed by atoms with van der Waals surface area (Å²) in [6.45, 7) is 0.483. The summed E-state index contributed by atoms with van der Waals surface area (Å²) >= 11 is 0. The molecule has 6 nitrogen and oxygen atoms in total. The number of hydrogen-bond acceptors (Lipinski definition) is 5. The van der Waals surface area contributed by atoms with Crippen molar-refractivity contribution in [1.29, 1.82) is 0 Å². The van der Waals surface area contributed by atoms with Gasteiger partial charge in [0.1, 0.15) is 18.4 Å². The normalized spacial score (nSPS) is 15.7. The fourth-order valence-corrected chi connectivity index (χ4v) is 2.42. The molecule has 1 aliphatic heterocycles. The molecular formula is C17H19N3O3. The van der Waals surface area contributed by atoms with Crippen molar-refractivity contribution in [1.82, 2.24) is 10.5 Å². The van der Waals surface area contributed by atoms with Gasteiger partial charge in [0.2, 0.25) is 0 Å². The lowest BCUT2D eigenvalue weighted by Crippen LogP contribution is -2.36. The lowest BCUT2D eigenvalue weighted by atomic mass is 10.1. The number of nitrogens with zero attached hydrogens (tertiary/aromatic N) is 1. The number of hydroxylamine groups is 2. The van der Waals surface area contributed by atoms with Crippen molar-refractivity contribution in [3.8, 4) is 5.75 Å². The van der Waals surface area contributed by atoms with Gasteiger partial charge in [0.15, 0.2) is 0 Å². The lowest BCUT2D eigenvalue weighted by molar-refractivity contribution is -0.170. The van der Waals surface area contributed by atoms with Gasteiger partial charge >= 0.3 is 0 Å². The first-order valence-electron chi connectivity index (χ1n) is 7.33. The Morgan fingerprint density at radius 2 is 2.00 bits per heavy atom. The second-order valence-electron chi connectivity index (χ2n) is 5.24. The molecule has 2 aromatic carbocycles. The molecule has 1 amide bonds. The zero-order chi connectivity index (χ0) is 16.2. The molecular weight excluding hydrogens is 294 g/mol. The van der Waals surface area contributed by atoms with Crippen molar-refractivity contribution in [2.45, 2.75) is 12.6 Å². The van der Waals surface area contributed by atoms with Crippen molar-refractivity contribution in [3.63, 3.8) is 0 Å². The highest BCUT2D eigenvalue weighted by Gasteiger charge is 2.31. The number of ether oxygens (including phenoxy) is 1. The average Bonchev–Trinajstić information content (AvgIpc) is 3.02. The van der Waals surface area contributed by atoms with E-state index < -0.39 is 6.04 Å². The van der Waals surface area contributed by atoms with E-state index in [-0.39, 0.29) is 5.91 Å². The third-order valence-electron chi connectivity index (χ3n) is 3.76. The number of hydrazine groups is 1. The quantitative estimate of drug-likeness (QED) is 0.829. The largest absolute Gasteiger partial charge is 0.489 e. The molecule has 120 valence electrons. The van der Waals surface area contributed by atoms with Crippen LogP contribution in [-0.2, 0) is 16.2 Å². The highest BCUT2D eigenvalue weighted by Crippen LogP contribution is 2.32. The summed E-state index contributed by atoms with van der Waals surface area (Å²) in [5.74, 6) is 0.537. The minimum absolute atomic E-state index is 0.182. The number of fused-ring (bicyclic) bond motifs is 1. The average molecular weight is 313 g/mol.